The van der Waals surface area contributed by atoms with E-state index in [2.05, 4.69) is 16.0 Å². The highest BCUT2D eigenvalue weighted by atomic mass is 35.5. The number of morpholine rings is 1. The Hall–Kier alpha value is -1.63. The average Bonchev–Trinajstić information content (AvgIpc) is 2.47. The van der Waals surface area contributed by atoms with E-state index >= 15 is 0 Å². The smallest absolute Gasteiger partial charge is 0.254 e. The first kappa shape index (κ1) is 19.4. The number of anilines is 1. The number of ether oxygens (including phenoxy) is 1. The highest BCUT2D eigenvalue weighted by molar-refractivity contribution is 5.98. The lowest BCUT2D eigenvalue weighted by atomic mass is 10.1. The molecule has 23 heavy (non-hydrogen) atoms. The molecular formula is C16H24ClN3O3. The zero-order valence-electron chi connectivity index (χ0n) is 13.6. The number of hydrogen-bond donors (Lipinski definition) is 3. The highest BCUT2D eigenvalue weighted by Crippen LogP contribution is 2.16. The quantitative estimate of drug-likeness (QED) is 0.775. The summed E-state index contributed by atoms with van der Waals surface area (Å²) in [5.41, 5.74) is 2.10. The van der Waals surface area contributed by atoms with Gasteiger partial charge in [0.1, 0.15) is 6.10 Å². The third-order valence-corrected chi connectivity index (χ3v) is 3.38. The molecular weight excluding hydrogens is 318 g/mol. The van der Waals surface area contributed by atoms with E-state index in [0.717, 1.165) is 12.1 Å². The topological polar surface area (TPSA) is 79.5 Å². The second-order valence-electron chi connectivity index (χ2n) is 5.71. The third kappa shape index (κ3) is 5.49. The molecule has 1 unspecified atom stereocenters. The number of rotatable bonds is 4. The molecule has 3 N–H and O–H groups in total. The maximum Gasteiger partial charge on any atom is 0.254 e. The Morgan fingerprint density at radius 1 is 1.35 bits per heavy atom. The minimum atomic E-state index is -0.474. The van der Waals surface area contributed by atoms with E-state index in [-0.39, 0.29) is 30.3 Å². The summed E-state index contributed by atoms with van der Waals surface area (Å²) in [6, 6.07) is 5.34. The first-order valence-electron chi connectivity index (χ1n) is 7.52. The van der Waals surface area contributed by atoms with Gasteiger partial charge in [0.2, 0.25) is 0 Å². The molecule has 1 saturated heterocycles. The molecule has 0 aliphatic carbocycles. The molecule has 1 aromatic rings. The number of carbonyl (C=O) groups excluding carboxylic acids is 2. The lowest BCUT2D eigenvalue weighted by Crippen LogP contribution is -2.45. The van der Waals surface area contributed by atoms with Crippen molar-refractivity contribution in [1.82, 2.24) is 10.6 Å². The largest absolute Gasteiger partial charge is 0.366 e. The highest BCUT2D eigenvalue weighted by Gasteiger charge is 2.22. The minimum absolute atomic E-state index is 0. The Morgan fingerprint density at radius 2 is 2.09 bits per heavy atom. The van der Waals surface area contributed by atoms with Crippen molar-refractivity contribution in [1.29, 1.82) is 0 Å². The van der Waals surface area contributed by atoms with Crippen LogP contribution < -0.4 is 16.0 Å². The van der Waals surface area contributed by atoms with Gasteiger partial charge in [0.05, 0.1) is 6.61 Å². The minimum Gasteiger partial charge on any atom is -0.366 e. The molecule has 2 amide bonds. The SMILES string of the molecule is Cc1cc(NC(=O)C2CNCCO2)ccc1C(=O)NC(C)C.Cl. The third-order valence-electron chi connectivity index (χ3n) is 3.38. The monoisotopic (exact) mass is 341 g/mol. The van der Waals surface area contributed by atoms with Crippen LogP contribution in [0.1, 0.15) is 29.8 Å². The molecule has 1 atom stereocenters. The molecule has 0 spiro atoms. The molecule has 1 aromatic carbocycles. The predicted molar refractivity (Wildman–Crippen MR) is 92.3 cm³/mol. The van der Waals surface area contributed by atoms with E-state index in [9.17, 15) is 9.59 Å². The average molecular weight is 342 g/mol. The summed E-state index contributed by atoms with van der Waals surface area (Å²) >= 11 is 0. The summed E-state index contributed by atoms with van der Waals surface area (Å²) < 4.78 is 5.41. The van der Waals surface area contributed by atoms with Crippen molar-refractivity contribution in [2.24, 2.45) is 0 Å². The van der Waals surface area contributed by atoms with Crippen LogP contribution >= 0.6 is 12.4 Å². The number of carbonyl (C=O) groups is 2. The van der Waals surface area contributed by atoms with Crippen LogP contribution in [0.15, 0.2) is 18.2 Å². The summed E-state index contributed by atoms with van der Waals surface area (Å²) in [7, 11) is 0. The Balaban J connectivity index is 0.00000264. The Kier molecular flexibility index (Phi) is 7.48. The molecule has 0 bridgehead atoms. The van der Waals surface area contributed by atoms with E-state index in [1.807, 2.05) is 20.8 Å². The fourth-order valence-corrected chi connectivity index (χ4v) is 2.29. The van der Waals surface area contributed by atoms with Crippen molar-refractivity contribution in [3.05, 3.63) is 29.3 Å². The maximum absolute atomic E-state index is 12.1. The zero-order chi connectivity index (χ0) is 16.1. The van der Waals surface area contributed by atoms with Gasteiger partial charge >= 0.3 is 0 Å². The summed E-state index contributed by atoms with van der Waals surface area (Å²) in [4.78, 5) is 24.1. The van der Waals surface area contributed by atoms with Crippen LogP contribution in [-0.2, 0) is 9.53 Å². The first-order chi connectivity index (χ1) is 10.5. The van der Waals surface area contributed by atoms with E-state index in [4.69, 9.17) is 4.74 Å². The Bertz CT molecular complexity index is 558. The molecule has 1 heterocycles. The maximum atomic E-state index is 12.1. The van der Waals surface area contributed by atoms with Gasteiger partial charge in [-0.3, -0.25) is 9.59 Å². The van der Waals surface area contributed by atoms with Crippen molar-refractivity contribution in [2.45, 2.75) is 32.9 Å². The van der Waals surface area contributed by atoms with Gasteiger partial charge in [-0.1, -0.05) is 0 Å². The molecule has 7 heteroatoms. The summed E-state index contributed by atoms with van der Waals surface area (Å²) in [5, 5.41) is 8.80. The fraction of sp³-hybridized carbons (Fsp3) is 0.500. The number of hydrogen-bond acceptors (Lipinski definition) is 4. The van der Waals surface area contributed by atoms with Gasteiger partial charge in [-0.25, -0.2) is 0 Å². The van der Waals surface area contributed by atoms with Crippen molar-refractivity contribution < 1.29 is 14.3 Å². The Morgan fingerprint density at radius 3 is 2.65 bits per heavy atom. The van der Waals surface area contributed by atoms with E-state index in [1.54, 1.807) is 18.2 Å². The van der Waals surface area contributed by atoms with Crippen LogP contribution in [0.3, 0.4) is 0 Å². The van der Waals surface area contributed by atoms with Gasteiger partial charge in [-0.15, -0.1) is 12.4 Å². The van der Waals surface area contributed by atoms with Crippen LogP contribution in [0.5, 0.6) is 0 Å². The van der Waals surface area contributed by atoms with Gasteiger partial charge in [0.15, 0.2) is 0 Å². The van der Waals surface area contributed by atoms with Crippen molar-refractivity contribution in [3.63, 3.8) is 0 Å². The molecule has 0 radical (unpaired) electrons. The lowest BCUT2D eigenvalue weighted by molar-refractivity contribution is -0.128. The molecule has 2 rings (SSSR count). The lowest BCUT2D eigenvalue weighted by Gasteiger charge is -2.22. The van der Waals surface area contributed by atoms with E-state index in [0.29, 0.717) is 24.4 Å². The molecule has 1 fully saturated rings. The van der Waals surface area contributed by atoms with E-state index < -0.39 is 6.10 Å². The van der Waals surface area contributed by atoms with Crippen molar-refractivity contribution in [3.8, 4) is 0 Å². The zero-order valence-corrected chi connectivity index (χ0v) is 14.5. The molecule has 0 aromatic heterocycles. The molecule has 1 aliphatic heterocycles. The van der Waals surface area contributed by atoms with Crippen LogP contribution in [0.4, 0.5) is 5.69 Å². The van der Waals surface area contributed by atoms with Crippen molar-refractivity contribution in [2.75, 3.05) is 25.0 Å². The number of nitrogens with one attached hydrogen (secondary N) is 3. The molecule has 6 nitrogen and oxygen atoms in total. The van der Waals surface area contributed by atoms with Crippen LogP contribution in [0, 0.1) is 6.92 Å². The van der Waals surface area contributed by atoms with Crippen molar-refractivity contribution >= 4 is 29.9 Å². The summed E-state index contributed by atoms with van der Waals surface area (Å²) in [6.07, 6.45) is -0.474. The second kappa shape index (κ2) is 8.86. The van der Waals surface area contributed by atoms with Crippen LogP contribution in [0.25, 0.3) is 0 Å². The predicted octanol–water partition coefficient (Wildman–Crippen LogP) is 1.48. The van der Waals surface area contributed by atoms with Crippen LogP contribution in [-0.4, -0.2) is 43.7 Å². The molecule has 0 saturated carbocycles. The fourth-order valence-electron chi connectivity index (χ4n) is 2.29. The number of benzene rings is 1. The summed E-state index contributed by atoms with van der Waals surface area (Å²) in [6.45, 7) is 7.50. The molecule has 128 valence electrons. The number of amides is 2. The number of halogens is 1. The van der Waals surface area contributed by atoms with Gasteiger partial charge in [-0.2, -0.15) is 0 Å². The Labute approximate surface area is 142 Å². The first-order valence-corrected chi connectivity index (χ1v) is 7.52. The molecule has 1 aliphatic rings. The second-order valence-corrected chi connectivity index (χ2v) is 5.71. The number of aryl methyl sites for hydroxylation is 1. The summed E-state index contributed by atoms with van der Waals surface area (Å²) in [5.74, 6) is -0.281. The van der Waals surface area contributed by atoms with E-state index in [1.165, 1.54) is 0 Å². The van der Waals surface area contributed by atoms with Gasteiger partial charge in [0, 0.05) is 30.4 Å². The normalized spacial score (nSPS) is 17.3. The van der Waals surface area contributed by atoms with Crippen LogP contribution in [0.2, 0.25) is 0 Å². The van der Waals surface area contributed by atoms with Gasteiger partial charge in [-0.05, 0) is 44.5 Å². The standard InChI is InChI=1S/C16H23N3O3.ClH/c1-10(2)18-15(20)13-5-4-12(8-11(13)3)19-16(21)14-9-17-6-7-22-14;/h4-5,8,10,14,17H,6-7,9H2,1-3H3,(H,18,20)(H,19,21);1H. The van der Waals surface area contributed by atoms with Gasteiger partial charge < -0.3 is 20.7 Å². The van der Waals surface area contributed by atoms with Gasteiger partial charge in [0.25, 0.3) is 11.8 Å².